The SMILES string of the molecule is COC(=O)[C@@]12CC[C@@H]3CC[C@@H]([C@@H]31)[C@@H](c1ccccc1)N2C(=O)c1cc([N+](=O)[O-])cc([N+](=O)[O-])c1. The highest BCUT2D eigenvalue weighted by Gasteiger charge is 2.71. The van der Waals surface area contributed by atoms with Gasteiger partial charge in [-0.1, -0.05) is 30.3 Å². The Morgan fingerprint density at radius 3 is 2.24 bits per heavy atom. The molecule has 0 aromatic heterocycles. The Balaban J connectivity index is 1.71. The second kappa shape index (κ2) is 7.89. The lowest BCUT2D eigenvalue weighted by Gasteiger charge is -2.39. The van der Waals surface area contributed by atoms with E-state index >= 15 is 0 Å². The number of ether oxygens (including phenoxy) is 1. The molecule has 2 aromatic carbocycles. The Morgan fingerprint density at radius 1 is 1.00 bits per heavy atom. The van der Waals surface area contributed by atoms with Crippen molar-refractivity contribution in [1.29, 1.82) is 0 Å². The lowest BCUT2D eigenvalue weighted by atomic mass is 9.81. The topological polar surface area (TPSA) is 133 Å². The number of non-ortho nitro benzene ring substituents is 2. The monoisotopic (exact) mass is 465 g/mol. The van der Waals surface area contributed by atoms with E-state index in [0.29, 0.717) is 6.42 Å². The molecule has 0 bridgehead atoms. The largest absolute Gasteiger partial charge is 0.467 e. The maximum Gasteiger partial charge on any atom is 0.332 e. The van der Waals surface area contributed by atoms with Crippen molar-refractivity contribution in [3.8, 4) is 0 Å². The number of nitro benzene ring substituents is 2. The fourth-order valence-electron chi connectivity index (χ4n) is 6.77. The molecule has 5 atom stereocenters. The van der Waals surface area contributed by atoms with Crippen LogP contribution in [0.5, 0.6) is 0 Å². The predicted octanol–water partition coefficient (Wildman–Crippen LogP) is 4.05. The van der Waals surface area contributed by atoms with Crippen LogP contribution in [-0.4, -0.2) is 39.3 Å². The van der Waals surface area contributed by atoms with Gasteiger partial charge in [0.15, 0.2) is 0 Å². The van der Waals surface area contributed by atoms with E-state index in [9.17, 15) is 29.8 Å². The minimum absolute atomic E-state index is 0.0200. The van der Waals surface area contributed by atoms with Gasteiger partial charge in [-0.25, -0.2) is 4.79 Å². The molecule has 3 fully saturated rings. The molecule has 0 radical (unpaired) electrons. The maximum absolute atomic E-state index is 14.1. The van der Waals surface area contributed by atoms with Crippen LogP contribution >= 0.6 is 0 Å². The van der Waals surface area contributed by atoms with Crippen molar-refractivity contribution in [2.75, 3.05) is 7.11 Å². The second-order valence-corrected chi connectivity index (χ2v) is 9.26. The molecule has 176 valence electrons. The van der Waals surface area contributed by atoms with Gasteiger partial charge in [0.25, 0.3) is 17.3 Å². The second-order valence-electron chi connectivity index (χ2n) is 9.26. The highest BCUT2D eigenvalue weighted by atomic mass is 16.6. The molecule has 34 heavy (non-hydrogen) atoms. The van der Waals surface area contributed by atoms with Crippen molar-refractivity contribution in [3.63, 3.8) is 0 Å². The van der Waals surface area contributed by atoms with E-state index < -0.39 is 44.7 Å². The van der Waals surface area contributed by atoms with Crippen LogP contribution in [0, 0.1) is 38.0 Å². The minimum atomic E-state index is -1.21. The molecule has 1 heterocycles. The fourth-order valence-corrected chi connectivity index (χ4v) is 6.77. The molecular weight excluding hydrogens is 442 g/mol. The lowest BCUT2D eigenvalue weighted by Crippen LogP contribution is -2.55. The lowest BCUT2D eigenvalue weighted by molar-refractivity contribution is -0.394. The van der Waals surface area contributed by atoms with Crippen molar-refractivity contribution < 1.29 is 24.2 Å². The van der Waals surface area contributed by atoms with Gasteiger partial charge in [0.05, 0.1) is 34.6 Å². The first-order valence-electron chi connectivity index (χ1n) is 11.2. The number of nitrogens with zero attached hydrogens (tertiary/aromatic N) is 3. The summed E-state index contributed by atoms with van der Waals surface area (Å²) in [4.78, 5) is 50.4. The third-order valence-corrected chi connectivity index (χ3v) is 7.87. The first-order valence-corrected chi connectivity index (χ1v) is 11.2. The van der Waals surface area contributed by atoms with Crippen molar-refractivity contribution in [2.24, 2.45) is 17.8 Å². The minimum Gasteiger partial charge on any atom is -0.467 e. The predicted molar refractivity (Wildman–Crippen MR) is 119 cm³/mol. The molecule has 2 aromatic rings. The van der Waals surface area contributed by atoms with Gasteiger partial charge in [-0.05, 0) is 43.1 Å². The highest BCUT2D eigenvalue weighted by molar-refractivity contribution is 6.00. The van der Waals surface area contributed by atoms with Crippen LogP contribution in [0.4, 0.5) is 11.4 Å². The Hall–Kier alpha value is -3.82. The number of carbonyl (C=O) groups is 2. The van der Waals surface area contributed by atoms with Crippen molar-refractivity contribution in [2.45, 2.75) is 37.3 Å². The van der Waals surface area contributed by atoms with E-state index in [4.69, 9.17) is 4.74 Å². The number of rotatable bonds is 5. The van der Waals surface area contributed by atoms with Gasteiger partial charge >= 0.3 is 5.97 Å². The zero-order valence-electron chi connectivity index (χ0n) is 18.5. The summed E-state index contributed by atoms with van der Waals surface area (Å²) < 4.78 is 5.24. The molecule has 1 saturated heterocycles. The summed E-state index contributed by atoms with van der Waals surface area (Å²) in [7, 11) is 1.30. The number of amides is 1. The van der Waals surface area contributed by atoms with Gasteiger partial charge < -0.3 is 9.64 Å². The van der Waals surface area contributed by atoms with Gasteiger partial charge in [-0.3, -0.25) is 25.0 Å². The van der Waals surface area contributed by atoms with E-state index in [1.165, 1.54) is 12.0 Å². The number of nitro groups is 2. The van der Waals surface area contributed by atoms with Crippen molar-refractivity contribution in [1.82, 2.24) is 4.90 Å². The standard InChI is InChI=1S/C24H23N3O7/c1-34-23(29)24-10-9-14-7-8-19(20(14)24)21(15-5-3-2-4-6-15)25(24)22(28)16-11-17(26(30)31)13-18(12-16)27(32)33/h2-6,11-14,19-21H,7-10H2,1H3/t14-,19-,20+,21+,24+/m0/s1. The molecule has 0 N–H and O–H groups in total. The summed E-state index contributed by atoms with van der Waals surface area (Å²) >= 11 is 0. The number of benzene rings is 2. The summed E-state index contributed by atoms with van der Waals surface area (Å²) in [5, 5.41) is 22.9. The summed E-state index contributed by atoms with van der Waals surface area (Å²) in [6.07, 6.45) is 3.00. The molecule has 0 spiro atoms. The first kappa shape index (κ1) is 22.0. The molecule has 2 aliphatic carbocycles. The highest BCUT2D eigenvalue weighted by Crippen LogP contribution is 2.66. The quantitative estimate of drug-likeness (QED) is 0.369. The average Bonchev–Trinajstić information content (AvgIpc) is 3.51. The Kier molecular flexibility index (Phi) is 5.11. The molecule has 0 unspecified atom stereocenters. The zero-order chi connectivity index (χ0) is 24.2. The molecule has 10 nitrogen and oxygen atoms in total. The average molecular weight is 465 g/mol. The maximum atomic E-state index is 14.1. The fraction of sp³-hybridized carbons (Fsp3) is 0.417. The smallest absolute Gasteiger partial charge is 0.332 e. The van der Waals surface area contributed by atoms with Crippen LogP contribution in [0.3, 0.4) is 0 Å². The summed E-state index contributed by atoms with van der Waals surface area (Å²) in [5.41, 5.74) is -1.64. The van der Waals surface area contributed by atoms with Crippen molar-refractivity contribution in [3.05, 3.63) is 79.9 Å². The van der Waals surface area contributed by atoms with Crippen LogP contribution in [-0.2, 0) is 9.53 Å². The molecule has 1 aliphatic heterocycles. The van der Waals surface area contributed by atoms with Crippen LogP contribution in [0.2, 0.25) is 0 Å². The number of hydrogen-bond donors (Lipinski definition) is 0. The van der Waals surface area contributed by atoms with E-state index in [2.05, 4.69) is 0 Å². The van der Waals surface area contributed by atoms with Crippen LogP contribution in [0.15, 0.2) is 48.5 Å². The summed E-state index contributed by atoms with van der Waals surface area (Å²) in [5.74, 6) is -0.943. The van der Waals surface area contributed by atoms with E-state index in [1.54, 1.807) is 0 Å². The molecule has 2 saturated carbocycles. The number of likely N-dealkylation sites (tertiary alicyclic amines) is 1. The van der Waals surface area contributed by atoms with E-state index in [-0.39, 0.29) is 23.3 Å². The molecular formula is C24H23N3O7. The molecule has 5 rings (SSSR count). The van der Waals surface area contributed by atoms with Gasteiger partial charge in [0, 0.05) is 18.1 Å². The van der Waals surface area contributed by atoms with Crippen LogP contribution < -0.4 is 0 Å². The normalized spacial score (nSPS) is 29.0. The van der Waals surface area contributed by atoms with Crippen LogP contribution in [0.25, 0.3) is 0 Å². The van der Waals surface area contributed by atoms with E-state index in [1.807, 2.05) is 30.3 Å². The summed E-state index contributed by atoms with van der Waals surface area (Å²) in [6, 6.07) is 11.9. The number of carbonyl (C=O) groups excluding carboxylic acids is 2. The van der Waals surface area contributed by atoms with Crippen LogP contribution in [0.1, 0.15) is 47.6 Å². The Morgan fingerprint density at radius 2 is 1.65 bits per heavy atom. The van der Waals surface area contributed by atoms with Crippen molar-refractivity contribution >= 4 is 23.3 Å². The molecule has 3 aliphatic rings. The zero-order valence-corrected chi connectivity index (χ0v) is 18.5. The van der Waals surface area contributed by atoms with Gasteiger partial charge in [0.1, 0.15) is 5.54 Å². The molecule has 1 amide bonds. The number of hydrogen-bond acceptors (Lipinski definition) is 7. The Labute approximate surface area is 194 Å². The number of esters is 1. The molecule has 10 heteroatoms. The first-order chi connectivity index (χ1) is 16.3. The third-order valence-electron chi connectivity index (χ3n) is 7.87. The van der Waals surface area contributed by atoms with Gasteiger partial charge in [0.2, 0.25) is 0 Å². The van der Waals surface area contributed by atoms with E-state index in [0.717, 1.165) is 43.0 Å². The Bertz CT molecular complexity index is 1170. The van der Waals surface area contributed by atoms with Gasteiger partial charge in [-0.15, -0.1) is 0 Å². The third kappa shape index (κ3) is 3.01. The number of methoxy groups -OCH3 is 1. The van der Waals surface area contributed by atoms with Gasteiger partial charge in [-0.2, -0.15) is 0 Å². The summed E-state index contributed by atoms with van der Waals surface area (Å²) in [6.45, 7) is 0.